The minimum atomic E-state index is 0. The average molecular weight is 114 g/mol. The van der Waals surface area contributed by atoms with Gasteiger partial charge in [-0.25, -0.2) is 0 Å². The van der Waals surface area contributed by atoms with Gasteiger partial charge >= 0.3 is 47.8 Å². The predicted molar refractivity (Wildman–Crippen MR) is 30.7 cm³/mol. The summed E-state index contributed by atoms with van der Waals surface area (Å²) >= 11 is 2.72. The van der Waals surface area contributed by atoms with Gasteiger partial charge < -0.3 is 5.48 Å². The molecule has 0 spiro atoms. The minimum Gasteiger partial charge on any atom is -2.00 e. The Balaban J connectivity index is 0. The Hall–Kier alpha value is 0.492. The first-order valence-electron chi connectivity index (χ1n) is 2.26. The van der Waals surface area contributed by atoms with Crippen molar-refractivity contribution in [2.45, 2.75) is 26.1 Å². The van der Waals surface area contributed by atoms with Crippen LogP contribution in [0, 0.1) is 5.41 Å². The molecule has 0 radical (unpaired) electrons. The van der Waals surface area contributed by atoms with Crippen LogP contribution in [0.2, 0.25) is 5.28 Å². The number of hydrogen-bond donors (Lipinski definition) is 0. The molecule has 0 amide bonds. The van der Waals surface area contributed by atoms with Crippen LogP contribution in [0.25, 0.3) is 0 Å². The van der Waals surface area contributed by atoms with E-state index >= 15 is 0 Å². The molecule has 0 fully saturated rings. The molecule has 0 heterocycles. The van der Waals surface area contributed by atoms with E-state index in [1.165, 1.54) is 5.28 Å². The largest absolute Gasteiger partial charge is 2.00 e. The van der Waals surface area contributed by atoms with E-state index in [2.05, 4.69) is 37.1 Å². The molecule has 0 aliphatic rings. The van der Waals surface area contributed by atoms with Crippen LogP contribution in [0.5, 0.6) is 0 Å². The van der Waals surface area contributed by atoms with E-state index in [0.29, 0.717) is 5.41 Å². The molecule has 0 saturated heterocycles. The Kier molecular flexibility index (Phi) is 5.22. The molecule has 0 aromatic rings. The van der Waals surface area contributed by atoms with E-state index in [4.69, 9.17) is 0 Å². The van der Waals surface area contributed by atoms with Gasteiger partial charge in [0, 0.05) is 0 Å². The molecule has 0 bridgehead atoms. The van der Waals surface area contributed by atoms with Gasteiger partial charge in [0.05, 0.1) is 0 Å². The molecule has 0 aromatic carbocycles. The minimum absolute atomic E-state index is 0. The van der Waals surface area contributed by atoms with E-state index in [1.54, 1.807) is 0 Å². The molecule has 0 rings (SSSR count). The Morgan fingerprint density at radius 3 is 1.43 bits per heavy atom. The zero-order valence-electron chi connectivity index (χ0n) is 5.19. The van der Waals surface area contributed by atoms with Gasteiger partial charge in [0.2, 0.25) is 0 Å². The summed E-state index contributed by atoms with van der Waals surface area (Å²) in [5.41, 5.74) is 0.505. The van der Waals surface area contributed by atoms with Crippen LogP contribution in [-0.2, 0) is 5.48 Å². The van der Waals surface area contributed by atoms with Crippen molar-refractivity contribution in [2.24, 2.45) is 5.41 Å². The van der Waals surface area contributed by atoms with Gasteiger partial charge in [0.1, 0.15) is 0 Å². The van der Waals surface area contributed by atoms with Crippen LogP contribution < -0.4 is 0 Å². The SMILES string of the molecule is CC(C)(C)[CH2][Al+2].[O-2]. The molecular weight excluding hydrogens is 103 g/mol. The Labute approximate surface area is 53.8 Å². The first kappa shape index (κ1) is 10.5. The summed E-state index contributed by atoms with van der Waals surface area (Å²) in [6, 6.07) is 0. The second-order valence-electron chi connectivity index (χ2n) is 2.76. The van der Waals surface area contributed by atoms with Gasteiger partial charge in [-0.2, -0.15) is 0 Å². The van der Waals surface area contributed by atoms with Gasteiger partial charge in [-0.05, 0) is 0 Å². The summed E-state index contributed by atoms with van der Waals surface area (Å²) in [4.78, 5) is 0. The smallest absolute Gasteiger partial charge is 2.00 e. The van der Waals surface area contributed by atoms with E-state index in [9.17, 15) is 0 Å². The van der Waals surface area contributed by atoms with E-state index < -0.39 is 0 Å². The molecule has 0 unspecified atom stereocenters. The van der Waals surface area contributed by atoms with Crippen LogP contribution in [0.3, 0.4) is 0 Å². The van der Waals surface area contributed by atoms with Crippen molar-refractivity contribution in [1.29, 1.82) is 0 Å². The topological polar surface area (TPSA) is 28.5 Å². The average Bonchev–Trinajstić information content (AvgIpc) is 1.35. The molecule has 40 valence electrons. The molecule has 0 aromatic heterocycles. The van der Waals surface area contributed by atoms with Crippen LogP contribution in [-0.4, -0.2) is 16.3 Å². The van der Waals surface area contributed by atoms with Crippen molar-refractivity contribution in [3.63, 3.8) is 0 Å². The number of hydrogen-bond acceptors (Lipinski definition) is 0. The van der Waals surface area contributed by atoms with Crippen molar-refractivity contribution in [3.8, 4) is 0 Å². The summed E-state index contributed by atoms with van der Waals surface area (Å²) in [6.07, 6.45) is 0. The third-order valence-electron chi connectivity index (χ3n) is 0.612. The maximum absolute atomic E-state index is 2.72. The quantitative estimate of drug-likeness (QED) is 0.427. The third-order valence-corrected chi connectivity index (χ3v) is 1.84. The molecule has 0 saturated carbocycles. The van der Waals surface area contributed by atoms with Crippen LogP contribution in [0.4, 0.5) is 0 Å². The molecule has 7 heavy (non-hydrogen) atoms. The summed E-state index contributed by atoms with van der Waals surface area (Å²) in [6.45, 7) is 6.67. The van der Waals surface area contributed by atoms with E-state index in [-0.39, 0.29) is 5.48 Å². The Bertz CT molecular complexity index is 37.8. The van der Waals surface area contributed by atoms with Gasteiger partial charge in [-0.15, -0.1) is 0 Å². The fourth-order valence-electron chi connectivity index (χ4n) is 0. The Morgan fingerprint density at radius 1 is 1.29 bits per heavy atom. The van der Waals surface area contributed by atoms with Gasteiger partial charge in [0.25, 0.3) is 0 Å². The molecule has 0 atom stereocenters. The number of rotatable bonds is 0. The van der Waals surface area contributed by atoms with Crippen molar-refractivity contribution in [1.82, 2.24) is 0 Å². The molecule has 0 aliphatic carbocycles. The van der Waals surface area contributed by atoms with Crippen molar-refractivity contribution in [2.75, 3.05) is 0 Å². The zero-order chi connectivity index (χ0) is 5.21. The molecule has 2 heteroatoms. The summed E-state index contributed by atoms with van der Waals surface area (Å²) < 4.78 is 0. The third kappa shape index (κ3) is 10.7. The second kappa shape index (κ2) is 3.49. The van der Waals surface area contributed by atoms with Gasteiger partial charge in [0.15, 0.2) is 0 Å². The van der Waals surface area contributed by atoms with E-state index in [1.807, 2.05) is 0 Å². The summed E-state index contributed by atoms with van der Waals surface area (Å²) in [7, 11) is 0. The molecule has 0 N–H and O–H groups in total. The normalized spacial score (nSPS) is 10.4. The maximum Gasteiger partial charge on any atom is -2.00 e. The monoisotopic (exact) mass is 114 g/mol. The predicted octanol–water partition coefficient (Wildman–Crippen LogP) is 1.50. The second-order valence-corrected chi connectivity index (χ2v) is 3.17. The Morgan fingerprint density at radius 2 is 1.43 bits per heavy atom. The molecular formula is C5H11AlO. The standard InChI is InChI=1S/C5H11.Al.O/c1-5(2,3)4;;/h1H2,2-4H3;;/q;+2;-2. The maximum atomic E-state index is 2.72. The molecule has 1 nitrogen and oxygen atoms in total. The van der Waals surface area contributed by atoms with Crippen molar-refractivity contribution < 1.29 is 5.48 Å². The van der Waals surface area contributed by atoms with E-state index in [0.717, 1.165) is 0 Å². The molecule has 0 aliphatic heterocycles. The first-order valence-corrected chi connectivity index (χ1v) is 3.08. The van der Waals surface area contributed by atoms with Crippen molar-refractivity contribution >= 4 is 16.3 Å². The van der Waals surface area contributed by atoms with Crippen LogP contribution in [0.1, 0.15) is 20.8 Å². The summed E-state index contributed by atoms with van der Waals surface area (Å²) in [5.74, 6) is 0. The van der Waals surface area contributed by atoms with Gasteiger partial charge in [-0.1, -0.05) is 0 Å². The first-order chi connectivity index (χ1) is 2.56. The summed E-state index contributed by atoms with van der Waals surface area (Å²) in [5, 5.41) is 1.19. The van der Waals surface area contributed by atoms with Crippen molar-refractivity contribution in [3.05, 3.63) is 0 Å². The van der Waals surface area contributed by atoms with Crippen LogP contribution in [0.15, 0.2) is 0 Å². The van der Waals surface area contributed by atoms with Crippen LogP contribution >= 0.6 is 0 Å². The fraction of sp³-hybridized carbons (Fsp3) is 1.00. The zero-order valence-corrected chi connectivity index (χ0v) is 6.35. The van der Waals surface area contributed by atoms with Gasteiger partial charge in [-0.3, -0.25) is 0 Å². The fourth-order valence-corrected chi connectivity index (χ4v) is 0.